The van der Waals surface area contributed by atoms with Gasteiger partial charge in [-0.25, -0.2) is 8.42 Å². The summed E-state index contributed by atoms with van der Waals surface area (Å²) in [5.41, 5.74) is 1.95. The van der Waals surface area contributed by atoms with E-state index in [1.807, 2.05) is 18.2 Å². The highest BCUT2D eigenvalue weighted by molar-refractivity contribution is 7.92. The Kier molecular flexibility index (Phi) is 8.02. The van der Waals surface area contributed by atoms with E-state index in [1.54, 1.807) is 24.3 Å². The first-order valence-corrected chi connectivity index (χ1v) is 12.8. The summed E-state index contributed by atoms with van der Waals surface area (Å²) in [6, 6.07) is 22.8. The number of nitrogens with one attached hydrogen (secondary N) is 2. The molecule has 0 saturated carbocycles. The van der Waals surface area contributed by atoms with E-state index in [-0.39, 0.29) is 16.9 Å². The molecule has 4 rings (SSSR count). The monoisotopic (exact) mass is 495 g/mol. The molecule has 1 unspecified atom stereocenters. The first kappa shape index (κ1) is 24.7. The van der Waals surface area contributed by atoms with Gasteiger partial charge in [0.2, 0.25) is 0 Å². The highest BCUT2D eigenvalue weighted by Gasteiger charge is 2.22. The maximum absolute atomic E-state index is 12.8. The topological polar surface area (TPSA) is 97.0 Å². The number of benzene rings is 3. The molecule has 0 bridgehead atoms. The number of hydrogen-bond donors (Lipinski definition) is 2. The van der Waals surface area contributed by atoms with Gasteiger partial charge in [-0.2, -0.15) is 0 Å². The third-order valence-corrected chi connectivity index (χ3v) is 7.12. The highest BCUT2D eigenvalue weighted by Crippen LogP contribution is 2.26. The summed E-state index contributed by atoms with van der Waals surface area (Å²) in [7, 11) is -2.37. The SMILES string of the molecule is COc1ccccc1NS(=O)(=O)c1ccc(C(=O)NCC2CN(Cc3ccccc3)CCO2)cc1. The van der Waals surface area contributed by atoms with Crippen molar-refractivity contribution in [1.29, 1.82) is 0 Å². The second-order valence-corrected chi connectivity index (χ2v) is 9.94. The molecule has 0 radical (unpaired) electrons. The van der Waals surface area contributed by atoms with Crippen LogP contribution in [0.4, 0.5) is 5.69 Å². The molecule has 35 heavy (non-hydrogen) atoms. The molecule has 1 heterocycles. The molecule has 8 nitrogen and oxygen atoms in total. The Balaban J connectivity index is 1.31. The van der Waals surface area contributed by atoms with E-state index in [9.17, 15) is 13.2 Å². The number of sulfonamides is 1. The van der Waals surface area contributed by atoms with Crippen molar-refractivity contribution in [1.82, 2.24) is 10.2 Å². The van der Waals surface area contributed by atoms with Crippen LogP contribution in [0.5, 0.6) is 5.75 Å². The Morgan fingerprint density at radius 3 is 2.49 bits per heavy atom. The van der Waals surface area contributed by atoms with Crippen LogP contribution >= 0.6 is 0 Å². The molecule has 184 valence electrons. The fraction of sp³-hybridized carbons (Fsp3) is 0.269. The minimum absolute atomic E-state index is 0.0483. The third-order valence-electron chi connectivity index (χ3n) is 5.74. The molecule has 1 aliphatic rings. The molecule has 0 aromatic heterocycles. The molecule has 1 amide bonds. The van der Waals surface area contributed by atoms with Crippen molar-refractivity contribution >= 4 is 21.6 Å². The minimum Gasteiger partial charge on any atom is -0.495 e. The zero-order chi connectivity index (χ0) is 24.7. The second kappa shape index (κ2) is 11.4. The number of rotatable bonds is 9. The van der Waals surface area contributed by atoms with Crippen molar-refractivity contribution in [2.45, 2.75) is 17.5 Å². The Labute approximate surface area is 205 Å². The zero-order valence-corrected chi connectivity index (χ0v) is 20.3. The van der Waals surface area contributed by atoms with Crippen molar-refractivity contribution in [3.8, 4) is 5.75 Å². The zero-order valence-electron chi connectivity index (χ0n) is 19.5. The van der Waals surface area contributed by atoms with Gasteiger partial charge in [0.15, 0.2) is 0 Å². The number of ether oxygens (including phenoxy) is 2. The van der Waals surface area contributed by atoms with Crippen LogP contribution < -0.4 is 14.8 Å². The molecule has 0 aliphatic carbocycles. The van der Waals surface area contributed by atoms with E-state index in [1.165, 1.54) is 36.9 Å². The van der Waals surface area contributed by atoms with Crippen molar-refractivity contribution in [3.05, 3.63) is 90.0 Å². The Morgan fingerprint density at radius 1 is 1.03 bits per heavy atom. The molecule has 1 aliphatic heterocycles. The molecule has 1 saturated heterocycles. The maximum Gasteiger partial charge on any atom is 0.262 e. The second-order valence-electron chi connectivity index (χ2n) is 8.25. The Bertz CT molecular complexity index is 1230. The Morgan fingerprint density at radius 2 is 1.74 bits per heavy atom. The molecule has 9 heteroatoms. The van der Waals surface area contributed by atoms with Gasteiger partial charge in [0.25, 0.3) is 15.9 Å². The number of methoxy groups -OCH3 is 1. The molecule has 1 fully saturated rings. The lowest BCUT2D eigenvalue weighted by Gasteiger charge is -2.33. The van der Waals surface area contributed by atoms with E-state index < -0.39 is 10.0 Å². The van der Waals surface area contributed by atoms with Crippen molar-refractivity contribution in [2.75, 3.05) is 38.1 Å². The van der Waals surface area contributed by atoms with Crippen LogP contribution in [-0.4, -0.2) is 58.7 Å². The van der Waals surface area contributed by atoms with Gasteiger partial charge < -0.3 is 14.8 Å². The highest BCUT2D eigenvalue weighted by atomic mass is 32.2. The van der Waals surface area contributed by atoms with Crippen molar-refractivity contribution in [2.24, 2.45) is 0 Å². The molecule has 0 spiro atoms. The van der Waals surface area contributed by atoms with Crippen LogP contribution in [0.3, 0.4) is 0 Å². The summed E-state index contributed by atoms with van der Waals surface area (Å²) in [6.07, 6.45) is -0.110. The van der Waals surface area contributed by atoms with E-state index in [0.717, 1.165) is 19.6 Å². The van der Waals surface area contributed by atoms with E-state index in [4.69, 9.17) is 9.47 Å². The van der Waals surface area contributed by atoms with Crippen LogP contribution in [0.2, 0.25) is 0 Å². The van der Waals surface area contributed by atoms with Crippen molar-refractivity contribution in [3.63, 3.8) is 0 Å². The van der Waals surface area contributed by atoms with Gasteiger partial charge in [-0.3, -0.25) is 14.4 Å². The van der Waals surface area contributed by atoms with Gasteiger partial charge in [0.05, 0.1) is 30.4 Å². The van der Waals surface area contributed by atoms with Crippen LogP contribution in [0, 0.1) is 0 Å². The minimum atomic E-state index is -3.84. The predicted molar refractivity (Wildman–Crippen MR) is 134 cm³/mol. The molecular weight excluding hydrogens is 466 g/mol. The number of para-hydroxylation sites is 2. The standard InChI is InChI=1S/C26H29N3O5S/c1-33-25-10-6-5-9-24(25)28-35(31,32)23-13-11-21(12-14-23)26(30)27-17-22-19-29(15-16-34-22)18-20-7-3-2-4-8-20/h2-14,22,28H,15-19H2,1H3,(H,27,30). The van der Waals surface area contributed by atoms with Gasteiger partial charge in [-0.05, 0) is 42.0 Å². The van der Waals surface area contributed by atoms with Crippen LogP contribution in [0.1, 0.15) is 15.9 Å². The van der Waals surface area contributed by atoms with Gasteiger partial charge in [-0.15, -0.1) is 0 Å². The lowest BCUT2D eigenvalue weighted by molar-refractivity contribution is -0.0292. The number of carbonyl (C=O) groups is 1. The van der Waals surface area contributed by atoms with Crippen molar-refractivity contribution < 1.29 is 22.7 Å². The average molecular weight is 496 g/mol. The van der Waals surface area contributed by atoms with E-state index >= 15 is 0 Å². The lowest BCUT2D eigenvalue weighted by Crippen LogP contribution is -2.47. The molecule has 3 aromatic rings. The van der Waals surface area contributed by atoms with Gasteiger partial charge in [0, 0.05) is 31.7 Å². The largest absolute Gasteiger partial charge is 0.495 e. The number of morpholine rings is 1. The lowest BCUT2D eigenvalue weighted by atomic mass is 10.2. The first-order chi connectivity index (χ1) is 16.9. The summed E-state index contributed by atoms with van der Waals surface area (Å²) in [5.74, 6) is 0.134. The number of hydrogen-bond acceptors (Lipinski definition) is 6. The number of nitrogens with zero attached hydrogens (tertiary/aromatic N) is 1. The maximum atomic E-state index is 12.8. The van der Waals surface area contributed by atoms with E-state index in [0.29, 0.717) is 30.2 Å². The number of anilines is 1. The van der Waals surface area contributed by atoms with E-state index in [2.05, 4.69) is 27.1 Å². The summed E-state index contributed by atoms with van der Waals surface area (Å²) < 4.78 is 39.0. The van der Waals surface area contributed by atoms with Crippen LogP contribution in [-0.2, 0) is 21.3 Å². The fourth-order valence-corrected chi connectivity index (χ4v) is 4.99. The van der Waals surface area contributed by atoms with Gasteiger partial charge in [-0.1, -0.05) is 42.5 Å². The first-order valence-electron chi connectivity index (χ1n) is 11.4. The summed E-state index contributed by atoms with van der Waals surface area (Å²) >= 11 is 0. The van der Waals surface area contributed by atoms with Gasteiger partial charge in [0.1, 0.15) is 5.75 Å². The number of amides is 1. The quantitative estimate of drug-likeness (QED) is 0.474. The van der Waals surface area contributed by atoms with Crippen LogP contribution in [0.25, 0.3) is 0 Å². The molecule has 2 N–H and O–H groups in total. The Hall–Kier alpha value is -3.40. The summed E-state index contributed by atoms with van der Waals surface area (Å²) in [5, 5.41) is 2.89. The molecule has 1 atom stereocenters. The predicted octanol–water partition coefficient (Wildman–Crippen LogP) is 3.13. The summed E-state index contributed by atoms with van der Waals surface area (Å²) in [4.78, 5) is 15.0. The number of carbonyl (C=O) groups excluding carboxylic acids is 1. The van der Waals surface area contributed by atoms with Crippen LogP contribution in [0.15, 0.2) is 83.8 Å². The normalized spacial score (nSPS) is 16.4. The molecular formula is C26H29N3O5S. The fourth-order valence-electron chi connectivity index (χ4n) is 3.92. The smallest absolute Gasteiger partial charge is 0.262 e. The molecule has 3 aromatic carbocycles. The average Bonchev–Trinajstić information content (AvgIpc) is 2.88. The summed E-state index contributed by atoms with van der Waals surface area (Å²) in [6.45, 7) is 3.39. The van der Waals surface area contributed by atoms with Gasteiger partial charge >= 0.3 is 0 Å². The third kappa shape index (κ3) is 6.60.